The summed E-state index contributed by atoms with van der Waals surface area (Å²) in [6.07, 6.45) is 4.19. The van der Waals surface area contributed by atoms with Crippen molar-refractivity contribution in [1.82, 2.24) is 5.32 Å². The molecular weight excluding hydrogens is 541 g/mol. The van der Waals surface area contributed by atoms with Gasteiger partial charge in [-0.15, -0.1) is 0 Å². The fourth-order valence-electron chi connectivity index (χ4n) is 4.21. The molecule has 12 heteroatoms. The highest BCUT2D eigenvalue weighted by atomic mass is 31.2. The molecule has 0 bridgehead atoms. The minimum atomic E-state index is -4.25. The largest absolute Gasteiger partial charge is 0.493 e. The van der Waals surface area contributed by atoms with Crippen molar-refractivity contribution in [3.8, 4) is 17.2 Å². The Morgan fingerprint density at radius 2 is 1.68 bits per heavy atom. The number of ether oxygens (including phenoxy) is 5. The van der Waals surface area contributed by atoms with Gasteiger partial charge in [-0.1, -0.05) is 24.3 Å². The molecule has 2 N–H and O–H groups in total. The first-order valence-electron chi connectivity index (χ1n) is 12.9. The highest BCUT2D eigenvalue weighted by Crippen LogP contribution is 2.44. The fraction of sp³-hybridized carbons (Fsp3) is 0.464. The number of amides is 1. The van der Waals surface area contributed by atoms with E-state index in [1.807, 2.05) is 43.3 Å². The molecule has 1 aliphatic heterocycles. The Morgan fingerprint density at radius 1 is 1.02 bits per heavy atom. The van der Waals surface area contributed by atoms with E-state index in [0.717, 1.165) is 11.1 Å². The maximum Gasteiger partial charge on any atom is 0.472 e. The molecule has 3 rings (SSSR count). The lowest BCUT2D eigenvalue weighted by molar-refractivity contribution is -0.0314. The molecule has 2 aromatic carbocycles. The zero-order chi connectivity index (χ0) is 29.1. The molecule has 1 amide bonds. The fourth-order valence-corrected chi connectivity index (χ4v) is 4.98. The molecule has 40 heavy (non-hydrogen) atoms. The van der Waals surface area contributed by atoms with Crippen LogP contribution >= 0.6 is 7.82 Å². The van der Waals surface area contributed by atoms with Crippen molar-refractivity contribution < 1.29 is 47.0 Å². The number of hydrogen-bond acceptors (Lipinski definition) is 9. The summed E-state index contributed by atoms with van der Waals surface area (Å²) in [5.74, 6) is 1.37. The molecule has 0 aromatic heterocycles. The Bertz CT molecular complexity index is 1160. The Balaban J connectivity index is 1.42. The number of nitrogens with one attached hydrogen (secondary N) is 1. The van der Waals surface area contributed by atoms with Crippen molar-refractivity contribution in [2.75, 3.05) is 48.2 Å². The molecule has 0 radical (unpaired) electrons. The molecule has 0 spiro atoms. The van der Waals surface area contributed by atoms with Gasteiger partial charge in [0.15, 0.2) is 11.5 Å². The quantitative estimate of drug-likeness (QED) is 0.179. The summed E-state index contributed by atoms with van der Waals surface area (Å²) in [6.45, 7) is 1.99. The Labute approximate surface area is 234 Å². The predicted octanol–water partition coefficient (Wildman–Crippen LogP) is 4.33. The molecule has 1 saturated heterocycles. The van der Waals surface area contributed by atoms with Crippen LogP contribution in [-0.4, -0.2) is 77.3 Å². The van der Waals surface area contributed by atoms with E-state index in [4.69, 9.17) is 32.7 Å². The van der Waals surface area contributed by atoms with Crippen molar-refractivity contribution in [3.05, 3.63) is 53.1 Å². The third kappa shape index (κ3) is 9.05. The van der Waals surface area contributed by atoms with Gasteiger partial charge in [0.2, 0.25) is 5.75 Å². The van der Waals surface area contributed by atoms with E-state index < -0.39 is 13.9 Å². The smallest absolute Gasteiger partial charge is 0.472 e. The first-order valence-corrected chi connectivity index (χ1v) is 14.4. The predicted molar refractivity (Wildman–Crippen MR) is 150 cm³/mol. The summed E-state index contributed by atoms with van der Waals surface area (Å²) in [6, 6.07) is 10.8. The third-order valence-electron chi connectivity index (χ3n) is 6.28. The van der Waals surface area contributed by atoms with Gasteiger partial charge in [0.25, 0.3) is 5.91 Å². The van der Waals surface area contributed by atoms with Crippen LogP contribution in [0.4, 0.5) is 0 Å². The molecule has 2 aromatic rings. The van der Waals surface area contributed by atoms with E-state index >= 15 is 0 Å². The van der Waals surface area contributed by atoms with Gasteiger partial charge in [0, 0.05) is 25.6 Å². The standard InChI is InChI=1S/C28H38NO10P/c1-19-15-23(33-2)26(39-19)18-38-40(31,32)37-14-6-13-29-28(30)22-11-9-20(10-12-22)7-8-21-16-24(34-3)27(36-5)25(17-21)35-4/h7-12,16-17,19,23,26H,6,13-15,18H2,1-5H3,(H,29,30)(H,31,32)/b8-7+. The molecule has 1 heterocycles. The van der Waals surface area contributed by atoms with Crippen LogP contribution < -0.4 is 19.5 Å². The van der Waals surface area contributed by atoms with Crippen LogP contribution in [0.1, 0.15) is 41.3 Å². The number of methoxy groups -OCH3 is 4. The summed E-state index contributed by atoms with van der Waals surface area (Å²) in [4.78, 5) is 22.4. The normalized spacial score (nSPS) is 20.3. The minimum Gasteiger partial charge on any atom is -0.493 e. The van der Waals surface area contributed by atoms with Crippen LogP contribution in [-0.2, 0) is 23.1 Å². The molecule has 4 unspecified atom stereocenters. The monoisotopic (exact) mass is 579 g/mol. The number of carbonyl (C=O) groups is 1. The number of hydrogen-bond donors (Lipinski definition) is 2. The average molecular weight is 580 g/mol. The van der Waals surface area contributed by atoms with Crippen molar-refractivity contribution >= 4 is 25.9 Å². The van der Waals surface area contributed by atoms with Crippen LogP contribution in [0.25, 0.3) is 12.2 Å². The van der Waals surface area contributed by atoms with Crippen LogP contribution in [0.2, 0.25) is 0 Å². The van der Waals surface area contributed by atoms with Crippen molar-refractivity contribution in [3.63, 3.8) is 0 Å². The zero-order valence-electron chi connectivity index (χ0n) is 23.5. The first-order chi connectivity index (χ1) is 19.2. The van der Waals surface area contributed by atoms with E-state index in [0.29, 0.717) is 35.7 Å². The molecule has 0 aliphatic carbocycles. The first kappa shape index (κ1) is 31.6. The second-order valence-corrected chi connectivity index (χ2v) is 10.6. The molecule has 4 atom stereocenters. The van der Waals surface area contributed by atoms with Gasteiger partial charge in [0.1, 0.15) is 6.10 Å². The second kappa shape index (κ2) is 15.2. The van der Waals surface area contributed by atoms with E-state index in [9.17, 15) is 14.3 Å². The van der Waals surface area contributed by atoms with Gasteiger partial charge in [-0.25, -0.2) is 4.57 Å². The van der Waals surface area contributed by atoms with Gasteiger partial charge in [-0.05, 0) is 48.7 Å². The van der Waals surface area contributed by atoms with E-state index in [-0.39, 0.29) is 37.9 Å². The summed E-state index contributed by atoms with van der Waals surface area (Å²) in [5.41, 5.74) is 2.24. The second-order valence-electron chi connectivity index (χ2n) is 9.12. The highest BCUT2D eigenvalue weighted by molar-refractivity contribution is 7.47. The van der Waals surface area contributed by atoms with Gasteiger partial charge in [-0.2, -0.15) is 0 Å². The molecule has 1 aliphatic rings. The SMILES string of the molecule is COc1cc(/C=C/c2ccc(C(=O)NCCCOP(=O)(O)OCC3OC(C)CC3OC)cc2)cc(OC)c1OC. The maximum absolute atomic E-state index is 12.5. The lowest BCUT2D eigenvalue weighted by Crippen LogP contribution is -2.28. The van der Waals surface area contributed by atoms with Gasteiger partial charge in [0.05, 0.1) is 46.8 Å². The topological polar surface area (TPSA) is 131 Å². The molecular formula is C28H38NO10P. The molecule has 220 valence electrons. The van der Waals surface area contributed by atoms with E-state index in [1.165, 1.54) is 0 Å². The number of phosphoric ester groups is 1. The van der Waals surface area contributed by atoms with E-state index in [2.05, 4.69) is 5.32 Å². The average Bonchev–Trinajstić information content (AvgIpc) is 3.33. The number of carbonyl (C=O) groups excluding carboxylic acids is 1. The minimum absolute atomic E-state index is 0.0116. The summed E-state index contributed by atoms with van der Waals surface area (Å²) in [5, 5.41) is 2.77. The highest BCUT2D eigenvalue weighted by Gasteiger charge is 2.35. The van der Waals surface area contributed by atoms with Gasteiger partial charge >= 0.3 is 7.82 Å². The van der Waals surface area contributed by atoms with Crippen LogP contribution in [0.5, 0.6) is 17.2 Å². The molecule has 11 nitrogen and oxygen atoms in total. The van der Waals surface area contributed by atoms with Gasteiger partial charge < -0.3 is 33.9 Å². The summed E-state index contributed by atoms with van der Waals surface area (Å²) < 4.78 is 49.3. The van der Waals surface area contributed by atoms with Crippen LogP contribution in [0.3, 0.4) is 0 Å². The lowest BCUT2D eigenvalue weighted by Gasteiger charge is -2.19. The van der Waals surface area contributed by atoms with Crippen LogP contribution in [0, 0.1) is 0 Å². The molecule has 1 fully saturated rings. The number of benzene rings is 2. The Kier molecular flexibility index (Phi) is 12.0. The van der Waals surface area contributed by atoms with E-state index in [1.54, 1.807) is 40.6 Å². The Morgan fingerprint density at radius 3 is 2.27 bits per heavy atom. The maximum atomic E-state index is 12.5. The summed E-state index contributed by atoms with van der Waals surface area (Å²) in [7, 11) is 1.99. The number of phosphoric acid groups is 1. The third-order valence-corrected chi connectivity index (χ3v) is 7.26. The number of rotatable bonds is 15. The zero-order valence-corrected chi connectivity index (χ0v) is 24.3. The van der Waals surface area contributed by atoms with Crippen molar-refractivity contribution in [2.45, 2.75) is 38.1 Å². The van der Waals surface area contributed by atoms with Crippen molar-refractivity contribution in [1.29, 1.82) is 0 Å². The van der Waals surface area contributed by atoms with Gasteiger partial charge in [-0.3, -0.25) is 13.8 Å². The summed E-state index contributed by atoms with van der Waals surface area (Å²) >= 11 is 0. The molecule has 0 saturated carbocycles. The Hall–Kier alpha value is -2.92. The van der Waals surface area contributed by atoms with Crippen molar-refractivity contribution in [2.24, 2.45) is 0 Å². The lowest BCUT2D eigenvalue weighted by atomic mass is 10.1. The van der Waals surface area contributed by atoms with Crippen LogP contribution in [0.15, 0.2) is 36.4 Å².